The molecule has 2 unspecified atom stereocenters. The normalized spacial score (nSPS) is 30.1. The summed E-state index contributed by atoms with van der Waals surface area (Å²) in [6.07, 6.45) is 2.03. The van der Waals surface area contributed by atoms with E-state index >= 15 is 0 Å². The van der Waals surface area contributed by atoms with Gasteiger partial charge in [0.15, 0.2) is 0 Å². The fourth-order valence-corrected chi connectivity index (χ4v) is 2.10. The summed E-state index contributed by atoms with van der Waals surface area (Å²) in [7, 11) is 0. The molecule has 0 spiro atoms. The van der Waals surface area contributed by atoms with Crippen molar-refractivity contribution in [3.05, 3.63) is 0 Å². The van der Waals surface area contributed by atoms with Gasteiger partial charge < -0.3 is 10.2 Å². The lowest BCUT2D eigenvalue weighted by Gasteiger charge is -2.38. The molecule has 2 atom stereocenters. The van der Waals surface area contributed by atoms with Gasteiger partial charge in [-0.3, -0.25) is 9.69 Å². The fraction of sp³-hybridized carbons (Fsp3) is 0.909. The van der Waals surface area contributed by atoms with Crippen LogP contribution < -0.4 is 0 Å². The van der Waals surface area contributed by atoms with Gasteiger partial charge in [-0.05, 0) is 32.7 Å². The van der Waals surface area contributed by atoms with E-state index in [1.165, 1.54) is 0 Å². The van der Waals surface area contributed by atoms with Crippen LogP contribution in [0.5, 0.6) is 0 Å². The number of piperidine rings is 1. The molecule has 1 fully saturated rings. The first-order valence-corrected chi connectivity index (χ1v) is 5.62. The molecule has 0 radical (unpaired) electrons. The van der Waals surface area contributed by atoms with Crippen LogP contribution >= 0.6 is 0 Å². The van der Waals surface area contributed by atoms with Crippen LogP contribution in [0.1, 0.15) is 33.1 Å². The predicted octanol–water partition coefficient (Wildman–Crippen LogP) is 0.944. The Balaban J connectivity index is 2.52. The van der Waals surface area contributed by atoms with Crippen molar-refractivity contribution in [3.8, 4) is 0 Å². The van der Waals surface area contributed by atoms with E-state index in [0.717, 1.165) is 25.8 Å². The smallest absolute Gasteiger partial charge is 0.310 e. The number of hydrogen-bond acceptors (Lipinski definition) is 3. The monoisotopic (exact) mass is 215 g/mol. The van der Waals surface area contributed by atoms with Gasteiger partial charge in [0.05, 0.1) is 11.5 Å². The zero-order valence-corrected chi connectivity index (χ0v) is 9.57. The van der Waals surface area contributed by atoms with E-state index in [9.17, 15) is 9.90 Å². The van der Waals surface area contributed by atoms with E-state index in [1.807, 2.05) is 6.92 Å². The Bertz CT molecular complexity index is 232. The third-order valence-electron chi connectivity index (χ3n) is 3.23. The topological polar surface area (TPSA) is 60.8 Å². The maximum Gasteiger partial charge on any atom is 0.310 e. The molecule has 0 aliphatic carbocycles. The molecule has 1 saturated heterocycles. The SMILES string of the molecule is CCC(O)CN1CCCC(C)(C(=O)O)C1. The lowest BCUT2D eigenvalue weighted by atomic mass is 9.82. The second-order valence-electron chi connectivity index (χ2n) is 4.77. The van der Waals surface area contributed by atoms with Crippen LogP contribution in [-0.4, -0.2) is 46.8 Å². The summed E-state index contributed by atoms with van der Waals surface area (Å²) < 4.78 is 0. The quantitative estimate of drug-likeness (QED) is 0.733. The Morgan fingerprint density at radius 1 is 1.60 bits per heavy atom. The highest BCUT2D eigenvalue weighted by Gasteiger charge is 2.37. The molecular weight excluding hydrogens is 194 g/mol. The summed E-state index contributed by atoms with van der Waals surface area (Å²) in [4.78, 5) is 13.1. The number of aliphatic carboxylic acids is 1. The minimum Gasteiger partial charge on any atom is -0.481 e. The van der Waals surface area contributed by atoms with Crippen LogP contribution in [-0.2, 0) is 4.79 Å². The number of carbonyl (C=O) groups is 1. The lowest BCUT2D eigenvalue weighted by Crippen LogP contribution is -2.48. The zero-order valence-electron chi connectivity index (χ0n) is 9.57. The third kappa shape index (κ3) is 3.18. The summed E-state index contributed by atoms with van der Waals surface area (Å²) >= 11 is 0. The molecule has 0 bridgehead atoms. The van der Waals surface area contributed by atoms with Crippen LogP contribution in [0.4, 0.5) is 0 Å². The minimum atomic E-state index is -0.724. The summed E-state index contributed by atoms with van der Waals surface area (Å²) in [5, 5.41) is 18.6. The van der Waals surface area contributed by atoms with Crippen molar-refractivity contribution < 1.29 is 15.0 Å². The van der Waals surface area contributed by atoms with Crippen molar-refractivity contribution in [2.24, 2.45) is 5.41 Å². The van der Waals surface area contributed by atoms with E-state index in [2.05, 4.69) is 4.90 Å². The number of aliphatic hydroxyl groups is 1. The van der Waals surface area contributed by atoms with E-state index < -0.39 is 11.4 Å². The molecule has 0 saturated carbocycles. The second-order valence-corrected chi connectivity index (χ2v) is 4.77. The van der Waals surface area contributed by atoms with Gasteiger partial charge in [0.1, 0.15) is 0 Å². The maximum atomic E-state index is 11.1. The number of carboxylic acids is 1. The molecular formula is C11H21NO3. The largest absolute Gasteiger partial charge is 0.481 e. The summed E-state index contributed by atoms with van der Waals surface area (Å²) in [5.74, 6) is -0.724. The first-order chi connectivity index (χ1) is 6.98. The van der Waals surface area contributed by atoms with Gasteiger partial charge in [0.2, 0.25) is 0 Å². The van der Waals surface area contributed by atoms with Gasteiger partial charge in [-0.25, -0.2) is 0 Å². The third-order valence-corrected chi connectivity index (χ3v) is 3.23. The molecule has 1 aliphatic rings. The van der Waals surface area contributed by atoms with Crippen LogP contribution in [0.2, 0.25) is 0 Å². The van der Waals surface area contributed by atoms with E-state index in [4.69, 9.17) is 5.11 Å². The van der Waals surface area contributed by atoms with Crippen LogP contribution in [0, 0.1) is 5.41 Å². The van der Waals surface area contributed by atoms with Crippen LogP contribution in [0.15, 0.2) is 0 Å². The predicted molar refractivity (Wildman–Crippen MR) is 57.7 cm³/mol. The van der Waals surface area contributed by atoms with Crippen molar-refractivity contribution in [2.75, 3.05) is 19.6 Å². The molecule has 0 aromatic carbocycles. The Morgan fingerprint density at radius 3 is 2.80 bits per heavy atom. The zero-order chi connectivity index (χ0) is 11.5. The number of β-amino-alcohol motifs (C(OH)–C–C–N with tert-alkyl or cyclic N) is 1. The molecule has 15 heavy (non-hydrogen) atoms. The van der Waals surface area contributed by atoms with Crippen molar-refractivity contribution in [1.82, 2.24) is 4.90 Å². The van der Waals surface area contributed by atoms with Gasteiger partial charge in [-0.2, -0.15) is 0 Å². The number of aliphatic hydroxyl groups excluding tert-OH is 1. The highest BCUT2D eigenvalue weighted by molar-refractivity contribution is 5.74. The Kier molecular flexibility index (Phi) is 4.11. The molecule has 1 aliphatic heterocycles. The number of nitrogens with zero attached hydrogens (tertiary/aromatic N) is 1. The average Bonchev–Trinajstić information content (AvgIpc) is 2.17. The van der Waals surface area contributed by atoms with Crippen molar-refractivity contribution in [1.29, 1.82) is 0 Å². The van der Waals surface area contributed by atoms with Gasteiger partial charge in [0, 0.05) is 13.1 Å². The first kappa shape index (κ1) is 12.5. The van der Waals surface area contributed by atoms with Gasteiger partial charge in [-0.15, -0.1) is 0 Å². The molecule has 1 rings (SSSR count). The van der Waals surface area contributed by atoms with Crippen molar-refractivity contribution >= 4 is 5.97 Å². The number of likely N-dealkylation sites (tertiary alicyclic amines) is 1. The average molecular weight is 215 g/mol. The second kappa shape index (κ2) is 4.94. The molecule has 0 amide bonds. The highest BCUT2D eigenvalue weighted by Crippen LogP contribution is 2.29. The van der Waals surface area contributed by atoms with E-state index in [0.29, 0.717) is 13.1 Å². The van der Waals surface area contributed by atoms with Crippen LogP contribution in [0.3, 0.4) is 0 Å². The van der Waals surface area contributed by atoms with E-state index in [1.54, 1.807) is 6.92 Å². The molecule has 88 valence electrons. The summed E-state index contributed by atoms with van der Waals surface area (Å²) in [6, 6.07) is 0. The lowest BCUT2D eigenvalue weighted by molar-refractivity contribution is -0.151. The Labute approximate surface area is 90.9 Å². The molecule has 2 N–H and O–H groups in total. The number of hydrogen-bond donors (Lipinski definition) is 2. The highest BCUT2D eigenvalue weighted by atomic mass is 16.4. The molecule has 0 aromatic rings. The van der Waals surface area contributed by atoms with Gasteiger partial charge in [0.25, 0.3) is 0 Å². The summed E-state index contributed by atoms with van der Waals surface area (Å²) in [5.41, 5.74) is -0.633. The minimum absolute atomic E-state index is 0.332. The maximum absolute atomic E-state index is 11.1. The molecule has 1 heterocycles. The summed E-state index contributed by atoms with van der Waals surface area (Å²) in [6.45, 7) is 5.78. The fourth-order valence-electron chi connectivity index (χ4n) is 2.10. The molecule has 4 nitrogen and oxygen atoms in total. The van der Waals surface area contributed by atoms with Gasteiger partial charge in [-0.1, -0.05) is 6.92 Å². The number of rotatable bonds is 4. The Hall–Kier alpha value is -0.610. The molecule has 0 aromatic heterocycles. The van der Waals surface area contributed by atoms with Crippen LogP contribution in [0.25, 0.3) is 0 Å². The molecule has 4 heteroatoms. The first-order valence-electron chi connectivity index (χ1n) is 5.62. The standard InChI is InChI=1S/C11H21NO3/c1-3-9(13)7-12-6-4-5-11(2,8-12)10(14)15/h9,13H,3-8H2,1-2H3,(H,14,15). The van der Waals surface area contributed by atoms with Gasteiger partial charge >= 0.3 is 5.97 Å². The van der Waals surface area contributed by atoms with E-state index in [-0.39, 0.29) is 6.10 Å². The number of carboxylic acid groups (broad SMARTS) is 1. The van der Waals surface area contributed by atoms with Crippen molar-refractivity contribution in [2.45, 2.75) is 39.2 Å². The van der Waals surface area contributed by atoms with Crippen molar-refractivity contribution in [3.63, 3.8) is 0 Å². The Morgan fingerprint density at radius 2 is 2.27 bits per heavy atom.